The molecule has 0 amide bonds. The van der Waals surface area contributed by atoms with E-state index >= 15 is 0 Å². The van der Waals surface area contributed by atoms with Gasteiger partial charge in [-0.15, -0.1) is 0 Å². The first-order chi connectivity index (χ1) is 9.88. The second-order valence-electron chi connectivity index (χ2n) is 5.88. The Morgan fingerprint density at radius 2 is 1.86 bits per heavy atom. The quantitative estimate of drug-likeness (QED) is 0.895. The van der Waals surface area contributed by atoms with E-state index in [1.165, 1.54) is 0 Å². The summed E-state index contributed by atoms with van der Waals surface area (Å²) < 4.78 is 5.67. The highest BCUT2D eigenvalue weighted by molar-refractivity contribution is 6.33. The summed E-state index contributed by atoms with van der Waals surface area (Å²) in [6.45, 7) is 4.92. The zero-order chi connectivity index (χ0) is 15.2. The Balaban J connectivity index is 2.10. The van der Waals surface area contributed by atoms with Crippen molar-refractivity contribution < 1.29 is 14.6 Å². The lowest BCUT2D eigenvalue weighted by Gasteiger charge is -2.16. The van der Waals surface area contributed by atoms with Crippen molar-refractivity contribution in [1.29, 1.82) is 0 Å². The molecule has 0 radical (unpaired) electrons. The molecule has 0 saturated heterocycles. The van der Waals surface area contributed by atoms with Gasteiger partial charge in [0.25, 0.3) is 0 Å². The number of carboxylic acid groups (broad SMARTS) is 1. The van der Waals surface area contributed by atoms with Crippen molar-refractivity contribution in [3.63, 3.8) is 0 Å². The highest BCUT2D eigenvalue weighted by atomic mass is 35.5. The maximum absolute atomic E-state index is 11.2. The minimum atomic E-state index is -1.02. The van der Waals surface area contributed by atoms with Gasteiger partial charge in [-0.3, -0.25) is 0 Å². The zero-order valence-corrected chi connectivity index (χ0v) is 12.6. The van der Waals surface area contributed by atoms with E-state index in [-0.39, 0.29) is 16.0 Å². The molecule has 1 aliphatic heterocycles. The molecule has 21 heavy (non-hydrogen) atoms. The lowest BCUT2D eigenvalue weighted by molar-refractivity contribution is 0.0697. The van der Waals surface area contributed by atoms with Crippen LogP contribution >= 0.6 is 11.6 Å². The second-order valence-corrected chi connectivity index (χ2v) is 6.29. The van der Waals surface area contributed by atoms with Gasteiger partial charge in [0.1, 0.15) is 5.75 Å². The fraction of sp³-hybridized carbons (Fsp3) is 0.235. The van der Waals surface area contributed by atoms with E-state index in [0.29, 0.717) is 6.61 Å². The minimum absolute atomic E-state index is 0.0343. The summed E-state index contributed by atoms with van der Waals surface area (Å²) in [7, 11) is 0. The molecule has 1 aliphatic rings. The smallest absolute Gasteiger partial charge is 0.337 e. The van der Waals surface area contributed by atoms with Crippen molar-refractivity contribution >= 4 is 17.6 Å². The number of halogens is 1. The first kappa shape index (κ1) is 14.0. The van der Waals surface area contributed by atoms with Gasteiger partial charge < -0.3 is 9.84 Å². The Bertz CT molecular complexity index is 735. The number of benzene rings is 2. The van der Waals surface area contributed by atoms with Crippen LogP contribution in [-0.2, 0) is 5.41 Å². The largest absolute Gasteiger partial charge is 0.492 e. The van der Waals surface area contributed by atoms with Crippen molar-refractivity contribution in [1.82, 2.24) is 0 Å². The summed E-state index contributed by atoms with van der Waals surface area (Å²) in [6, 6.07) is 11.0. The number of rotatable bonds is 2. The predicted molar refractivity (Wildman–Crippen MR) is 82.4 cm³/mol. The van der Waals surface area contributed by atoms with Crippen LogP contribution in [0.5, 0.6) is 5.75 Å². The van der Waals surface area contributed by atoms with Gasteiger partial charge in [0.15, 0.2) is 0 Å². The highest BCUT2D eigenvalue weighted by Gasteiger charge is 2.31. The normalized spacial score (nSPS) is 15.4. The molecule has 3 nitrogen and oxygen atoms in total. The third kappa shape index (κ3) is 2.38. The number of hydrogen-bond acceptors (Lipinski definition) is 2. The molecule has 1 N–H and O–H groups in total. The van der Waals surface area contributed by atoms with Gasteiger partial charge in [0, 0.05) is 11.0 Å². The van der Waals surface area contributed by atoms with Crippen LogP contribution < -0.4 is 4.74 Å². The van der Waals surface area contributed by atoms with Gasteiger partial charge in [-0.2, -0.15) is 0 Å². The molecule has 0 unspecified atom stereocenters. The van der Waals surface area contributed by atoms with E-state index < -0.39 is 5.97 Å². The molecule has 0 aromatic heterocycles. The summed E-state index contributed by atoms with van der Waals surface area (Å²) in [4.78, 5) is 11.2. The molecule has 3 rings (SSSR count). The fourth-order valence-corrected chi connectivity index (χ4v) is 2.77. The van der Waals surface area contributed by atoms with Crippen molar-refractivity contribution in [3.8, 4) is 16.9 Å². The van der Waals surface area contributed by atoms with E-state index in [0.717, 1.165) is 22.4 Å². The Morgan fingerprint density at radius 1 is 1.19 bits per heavy atom. The summed E-state index contributed by atoms with van der Waals surface area (Å²) in [5.41, 5.74) is 3.03. The number of hydrogen-bond donors (Lipinski definition) is 1. The van der Waals surface area contributed by atoms with Gasteiger partial charge in [-0.25, -0.2) is 4.79 Å². The molecule has 0 fully saturated rings. The highest BCUT2D eigenvalue weighted by Crippen LogP contribution is 2.40. The minimum Gasteiger partial charge on any atom is -0.492 e. The number of fused-ring (bicyclic) bond motifs is 1. The Hall–Kier alpha value is -2.00. The number of carboxylic acids is 1. The molecule has 2 aromatic carbocycles. The SMILES string of the molecule is CC1(C)COc2ccc(-c3ccc(Cl)c(C(=O)O)c3)cc21. The van der Waals surface area contributed by atoms with Crippen LogP contribution in [0.25, 0.3) is 11.1 Å². The van der Waals surface area contributed by atoms with Crippen LogP contribution in [0.2, 0.25) is 5.02 Å². The summed E-state index contributed by atoms with van der Waals surface area (Å²) in [6.07, 6.45) is 0. The third-order valence-electron chi connectivity index (χ3n) is 3.83. The van der Waals surface area contributed by atoms with E-state index in [1.54, 1.807) is 12.1 Å². The zero-order valence-electron chi connectivity index (χ0n) is 11.8. The molecular weight excluding hydrogens is 288 g/mol. The molecule has 0 aliphatic carbocycles. The molecular formula is C17H15ClO3. The van der Waals surface area contributed by atoms with Gasteiger partial charge in [0.2, 0.25) is 0 Å². The monoisotopic (exact) mass is 302 g/mol. The third-order valence-corrected chi connectivity index (χ3v) is 4.16. The van der Waals surface area contributed by atoms with Gasteiger partial charge in [-0.1, -0.05) is 37.6 Å². The molecule has 108 valence electrons. The summed E-state index contributed by atoms with van der Waals surface area (Å²) in [5.74, 6) is -0.122. The van der Waals surface area contributed by atoms with E-state index in [2.05, 4.69) is 19.9 Å². The maximum Gasteiger partial charge on any atom is 0.337 e. The predicted octanol–water partition coefficient (Wildman–Crippen LogP) is 4.38. The average molecular weight is 303 g/mol. The van der Waals surface area contributed by atoms with E-state index in [9.17, 15) is 9.90 Å². The van der Waals surface area contributed by atoms with E-state index in [4.69, 9.17) is 16.3 Å². The Morgan fingerprint density at radius 3 is 2.57 bits per heavy atom. The molecule has 4 heteroatoms. The maximum atomic E-state index is 11.2. The number of ether oxygens (including phenoxy) is 1. The average Bonchev–Trinajstić information content (AvgIpc) is 2.74. The van der Waals surface area contributed by atoms with E-state index in [1.807, 2.05) is 18.2 Å². The van der Waals surface area contributed by atoms with Crippen molar-refractivity contribution in [2.45, 2.75) is 19.3 Å². The van der Waals surface area contributed by atoms with Crippen LogP contribution in [0.3, 0.4) is 0 Å². The number of aromatic carboxylic acids is 1. The molecule has 0 spiro atoms. The van der Waals surface area contributed by atoms with Crippen LogP contribution in [0.4, 0.5) is 0 Å². The number of carbonyl (C=O) groups is 1. The van der Waals surface area contributed by atoms with Crippen molar-refractivity contribution in [2.24, 2.45) is 0 Å². The second kappa shape index (κ2) is 4.78. The standard InChI is InChI=1S/C17H15ClO3/c1-17(2)9-21-15-6-4-11(8-13(15)17)10-3-5-14(18)12(7-10)16(19)20/h3-8H,9H2,1-2H3,(H,19,20). The van der Waals surface area contributed by atoms with Gasteiger partial charge in [0.05, 0.1) is 17.2 Å². The first-order valence-corrected chi connectivity index (χ1v) is 7.07. The van der Waals surface area contributed by atoms with Crippen molar-refractivity contribution in [3.05, 3.63) is 52.5 Å². The summed E-state index contributed by atoms with van der Waals surface area (Å²) in [5, 5.41) is 9.42. The molecule has 0 bridgehead atoms. The molecule has 0 saturated carbocycles. The van der Waals surface area contributed by atoms with Gasteiger partial charge in [-0.05, 0) is 35.4 Å². The molecule has 0 atom stereocenters. The lowest BCUT2D eigenvalue weighted by Crippen LogP contribution is -2.18. The van der Waals surface area contributed by atoms with Crippen molar-refractivity contribution in [2.75, 3.05) is 6.61 Å². The fourth-order valence-electron chi connectivity index (χ4n) is 2.57. The van der Waals surface area contributed by atoms with Crippen LogP contribution in [0.15, 0.2) is 36.4 Å². The topological polar surface area (TPSA) is 46.5 Å². The Kier molecular flexibility index (Phi) is 3.18. The van der Waals surface area contributed by atoms with Gasteiger partial charge >= 0.3 is 5.97 Å². The molecule has 1 heterocycles. The first-order valence-electron chi connectivity index (χ1n) is 6.69. The summed E-state index contributed by atoms with van der Waals surface area (Å²) >= 11 is 5.92. The van der Waals surface area contributed by atoms with Crippen LogP contribution in [0, 0.1) is 0 Å². The Labute approximate surface area is 128 Å². The molecule has 2 aromatic rings. The lowest BCUT2D eigenvalue weighted by atomic mass is 9.85. The van der Waals surface area contributed by atoms with Crippen LogP contribution in [0.1, 0.15) is 29.8 Å². The van der Waals surface area contributed by atoms with Crippen LogP contribution in [-0.4, -0.2) is 17.7 Å².